The Morgan fingerprint density at radius 1 is 0.568 bits per heavy atom. The van der Waals surface area contributed by atoms with E-state index >= 15 is 0 Å². The molecule has 0 aliphatic carbocycles. The van der Waals surface area contributed by atoms with E-state index in [0.29, 0.717) is 5.56 Å². The smallest absolute Gasteiger partial charge is 0.303 e. The minimum atomic E-state index is -1.83. The molecular weight excluding hydrogens is 971 g/mol. The SMILES string of the molecule is CN[C@H](C(=O)C[C@@H](CCCN=C(N)N)C(=O)N[C@@H](CO)C(=O)C[C@@H](CO)C(=O)N[C@H](C(=O)C[C@@H](CCC(=O)O)C(=O)N[C@H](C(=O)C[C@@H](Cc1ccccc1)C(=O)N[C@@H](CC(C)C)C(N)=O)[C@@H](C)O)[C@@H](C)O)[C@@H](C)O. The first kappa shape index (κ1) is 65.8. The topological polar surface area (TPSA) is 443 Å². The second-order valence-corrected chi connectivity index (χ2v) is 19.0. The molecule has 17 N–H and O–H groups in total. The van der Waals surface area contributed by atoms with E-state index in [1.54, 1.807) is 30.3 Å². The average molecular weight is 1050 g/mol. The molecule has 0 spiro atoms. The molecule has 0 saturated carbocycles. The molecule has 12 atom stereocenters. The Labute approximate surface area is 430 Å². The maximum Gasteiger partial charge on any atom is 0.303 e. The minimum Gasteiger partial charge on any atom is -0.481 e. The summed E-state index contributed by atoms with van der Waals surface area (Å²) in [4.78, 5) is 137. The lowest BCUT2D eigenvalue weighted by Gasteiger charge is -2.27. The summed E-state index contributed by atoms with van der Waals surface area (Å²) in [6.45, 7) is 5.35. The number of nitrogens with two attached hydrogens (primary N) is 3. The van der Waals surface area contributed by atoms with Gasteiger partial charge in [-0.05, 0) is 71.4 Å². The fourth-order valence-corrected chi connectivity index (χ4v) is 8.06. The van der Waals surface area contributed by atoms with Crippen molar-refractivity contribution in [1.29, 1.82) is 0 Å². The van der Waals surface area contributed by atoms with Crippen LogP contribution in [0.1, 0.15) is 98.0 Å². The predicted octanol–water partition coefficient (Wildman–Crippen LogP) is -3.37. The van der Waals surface area contributed by atoms with Gasteiger partial charge in [0.15, 0.2) is 29.1 Å². The molecule has 416 valence electrons. The largest absolute Gasteiger partial charge is 0.481 e. The standard InChI is InChI=1S/C49H79N9O16/c1-25(2)17-34(44(50)70)55-47(73)32(18-29-11-8-7-9-12-29)21-39(67)43(28(5)63)57-46(72)31(14-15-40(68)69)20-38(66)42(27(4)62)58-48(74)33(23-59)22-36(64)35(24-60)56-45(71)30(13-10-16-54-49(51)52)19-37(65)41(53-6)26(3)61/h7-9,11-12,25-28,30-35,41-43,53,59-63H,10,13-24H2,1-6H3,(H2,50,70)(H,55,73)(H,56,71)(H,57,72)(H,58,74)(H,68,69)(H4,51,52,54)/t26-,27-,28-,30-,31-,32-,33+,34+,35+,41+,42+,43+/m1/s1. The van der Waals surface area contributed by atoms with Crippen LogP contribution in [0.15, 0.2) is 35.3 Å². The molecule has 0 heterocycles. The Morgan fingerprint density at radius 2 is 1.01 bits per heavy atom. The van der Waals surface area contributed by atoms with Crippen molar-refractivity contribution in [2.75, 3.05) is 26.8 Å². The summed E-state index contributed by atoms with van der Waals surface area (Å²) in [7, 11) is 1.44. The van der Waals surface area contributed by atoms with Crippen molar-refractivity contribution in [3.05, 3.63) is 35.9 Å². The molecular formula is C49H79N9O16. The van der Waals surface area contributed by atoms with E-state index in [1.165, 1.54) is 20.9 Å². The second-order valence-electron chi connectivity index (χ2n) is 19.0. The number of carbonyl (C=O) groups excluding carboxylic acids is 9. The van der Waals surface area contributed by atoms with Crippen molar-refractivity contribution >= 4 is 64.6 Å². The lowest BCUT2D eigenvalue weighted by atomic mass is 9.88. The zero-order chi connectivity index (χ0) is 56.4. The number of Topliss-reactive ketones (excluding diaryl/α,β-unsaturated/α-hetero) is 4. The molecule has 74 heavy (non-hydrogen) atoms. The lowest BCUT2D eigenvalue weighted by Crippen LogP contribution is -2.53. The molecule has 5 amide bonds. The van der Waals surface area contributed by atoms with Crippen LogP contribution in [0.5, 0.6) is 0 Å². The van der Waals surface area contributed by atoms with E-state index in [4.69, 9.17) is 17.2 Å². The number of carboxylic acid groups (broad SMARTS) is 1. The summed E-state index contributed by atoms with van der Waals surface area (Å²) >= 11 is 0. The summed E-state index contributed by atoms with van der Waals surface area (Å²) in [5, 5.41) is 73.6. The Kier molecular flexibility index (Phi) is 29.8. The fourth-order valence-electron chi connectivity index (χ4n) is 8.06. The third kappa shape index (κ3) is 23.7. The highest BCUT2D eigenvalue weighted by molar-refractivity contribution is 5.98. The first-order valence-electron chi connectivity index (χ1n) is 24.5. The minimum absolute atomic E-state index is 0.00461. The number of rotatable bonds is 38. The van der Waals surface area contributed by atoms with Crippen LogP contribution >= 0.6 is 0 Å². The summed E-state index contributed by atoms with van der Waals surface area (Å²) in [5.41, 5.74) is 16.9. The van der Waals surface area contributed by atoms with Crippen LogP contribution in [0.3, 0.4) is 0 Å². The number of carbonyl (C=O) groups is 10. The van der Waals surface area contributed by atoms with Gasteiger partial charge in [0.1, 0.15) is 24.2 Å². The number of primary amides is 1. The number of ketones is 4. The van der Waals surface area contributed by atoms with Crippen LogP contribution in [0.4, 0.5) is 0 Å². The van der Waals surface area contributed by atoms with E-state index in [0.717, 1.165) is 6.92 Å². The second kappa shape index (κ2) is 33.5. The number of nitrogens with one attached hydrogen (secondary N) is 5. The van der Waals surface area contributed by atoms with Gasteiger partial charge in [0.25, 0.3) is 0 Å². The number of aliphatic hydroxyl groups is 5. The Balaban J connectivity index is 3.33. The van der Waals surface area contributed by atoms with Crippen molar-refractivity contribution in [3.8, 4) is 0 Å². The van der Waals surface area contributed by atoms with Crippen LogP contribution in [0, 0.1) is 29.6 Å². The maximum atomic E-state index is 13.9. The molecule has 0 aliphatic heterocycles. The Hall–Kier alpha value is -6.25. The van der Waals surface area contributed by atoms with Crippen LogP contribution in [0.2, 0.25) is 0 Å². The van der Waals surface area contributed by atoms with Crippen LogP contribution in [-0.2, 0) is 54.4 Å². The normalized spacial score (nSPS) is 16.2. The van der Waals surface area contributed by atoms with Gasteiger partial charge in [-0.15, -0.1) is 0 Å². The Morgan fingerprint density at radius 3 is 1.46 bits per heavy atom. The van der Waals surface area contributed by atoms with Gasteiger partial charge in [0, 0.05) is 56.4 Å². The number of hydrogen-bond acceptors (Lipinski definition) is 17. The van der Waals surface area contributed by atoms with Gasteiger partial charge in [-0.2, -0.15) is 0 Å². The average Bonchev–Trinajstić information content (AvgIpc) is 3.31. The predicted molar refractivity (Wildman–Crippen MR) is 268 cm³/mol. The first-order valence-corrected chi connectivity index (χ1v) is 24.5. The summed E-state index contributed by atoms with van der Waals surface area (Å²) in [5.74, 6) is -15.0. The molecule has 0 radical (unpaired) electrons. The summed E-state index contributed by atoms with van der Waals surface area (Å²) in [6.07, 6.45) is -7.81. The lowest BCUT2D eigenvalue weighted by molar-refractivity contribution is -0.140. The highest BCUT2D eigenvalue weighted by Crippen LogP contribution is 2.21. The van der Waals surface area contributed by atoms with Crippen molar-refractivity contribution in [1.82, 2.24) is 26.6 Å². The molecule has 0 aliphatic rings. The van der Waals surface area contributed by atoms with Gasteiger partial charge in [-0.1, -0.05) is 44.2 Å². The number of aliphatic carboxylic acids is 1. The fraction of sp³-hybridized carbons (Fsp3) is 0.653. The van der Waals surface area contributed by atoms with E-state index in [2.05, 4.69) is 31.6 Å². The number of aliphatic hydroxyl groups excluding tert-OH is 5. The van der Waals surface area contributed by atoms with Gasteiger partial charge in [-0.3, -0.25) is 52.9 Å². The van der Waals surface area contributed by atoms with Crippen molar-refractivity contribution < 1.29 is 78.6 Å². The van der Waals surface area contributed by atoms with E-state index in [-0.39, 0.29) is 44.1 Å². The Bertz CT molecular complexity index is 2070. The number of carboxylic acids is 1. The maximum absolute atomic E-state index is 13.9. The van der Waals surface area contributed by atoms with E-state index in [1.807, 2.05) is 13.8 Å². The molecule has 1 aromatic rings. The number of likely N-dealkylation sites (N-methyl/N-ethyl adjacent to an activating group) is 1. The quantitative estimate of drug-likeness (QED) is 0.0175. The monoisotopic (exact) mass is 1050 g/mol. The van der Waals surface area contributed by atoms with Gasteiger partial charge in [0.2, 0.25) is 29.5 Å². The summed E-state index contributed by atoms with van der Waals surface area (Å²) < 4.78 is 0. The summed E-state index contributed by atoms with van der Waals surface area (Å²) in [6, 6.07) is 1.26. The molecule has 0 fully saturated rings. The molecule has 1 aromatic carbocycles. The zero-order valence-electron chi connectivity index (χ0n) is 43.0. The first-order chi connectivity index (χ1) is 34.7. The number of amides is 5. The van der Waals surface area contributed by atoms with Crippen molar-refractivity contribution in [3.63, 3.8) is 0 Å². The third-order valence-corrected chi connectivity index (χ3v) is 12.2. The zero-order valence-corrected chi connectivity index (χ0v) is 43.0. The third-order valence-electron chi connectivity index (χ3n) is 12.2. The van der Waals surface area contributed by atoms with Crippen LogP contribution in [-0.4, -0.2) is 171 Å². The van der Waals surface area contributed by atoms with Crippen LogP contribution in [0.25, 0.3) is 0 Å². The molecule has 0 saturated heterocycles. The van der Waals surface area contributed by atoms with E-state index < -0.39 is 183 Å². The highest BCUT2D eigenvalue weighted by atomic mass is 16.4. The number of nitrogens with zero attached hydrogens (tertiary/aromatic N) is 1. The van der Waals surface area contributed by atoms with Crippen LogP contribution < -0.4 is 43.8 Å². The van der Waals surface area contributed by atoms with Gasteiger partial charge < -0.3 is 74.4 Å². The number of guanidine groups is 1. The number of hydrogen-bond donors (Lipinski definition) is 14. The molecule has 25 heteroatoms. The van der Waals surface area contributed by atoms with Gasteiger partial charge in [0.05, 0.1) is 43.5 Å². The van der Waals surface area contributed by atoms with Crippen molar-refractivity contribution in [2.24, 2.45) is 51.8 Å². The van der Waals surface area contributed by atoms with Gasteiger partial charge in [-0.25, -0.2) is 0 Å². The van der Waals surface area contributed by atoms with E-state index in [9.17, 15) is 78.6 Å². The number of benzene rings is 1. The molecule has 0 unspecified atom stereocenters. The molecule has 1 rings (SSSR count). The number of aliphatic imine (C=N–C) groups is 1. The molecule has 25 nitrogen and oxygen atoms in total. The molecule has 0 aromatic heterocycles. The van der Waals surface area contributed by atoms with Gasteiger partial charge >= 0.3 is 5.97 Å². The highest BCUT2D eigenvalue weighted by Gasteiger charge is 2.38. The van der Waals surface area contributed by atoms with Crippen molar-refractivity contribution in [2.45, 2.75) is 147 Å². The molecule has 0 bridgehead atoms.